The molecule has 1 fully saturated rings. The molecule has 0 bridgehead atoms. The van der Waals surface area contributed by atoms with Gasteiger partial charge in [0.2, 0.25) is 11.8 Å². The summed E-state index contributed by atoms with van der Waals surface area (Å²) < 4.78 is 0. The number of carbonyl (C=O) groups is 2. The zero-order chi connectivity index (χ0) is 14.6. The summed E-state index contributed by atoms with van der Waals surface area (Å²) in [6, 6.07) is -0.509. The lowest BCUT2D eigenvalue weighted by Gasteiger charge is -2.36. The largest absolute Gasteiger partial charge is 0.357 e. The topological polar surface area (TPSA) is 75.4 Å². The van der Waals surface area contributed by atoms with Crippen molar-refractivity contribution >= 4 is 11.8 Å². The van der Waals surface area contributed by atoms with Crippen molar-refractivity contribution in [3.05, 3.63) is 0 Å². The summed E-state index contributed by atoms with van der Waals surface area (Å²) in [5.74, 6) is -0.0758. The highest BCUT2D eigenvalue weighted by atomic mass is 16.2. The zero-order valence-electron chi connectivity index (χ0n) is 12.5. The van der Waals surface area contributed by atoms with Gasteiger partial charge in [0.25, 0.3) is 0 Å². The molecule has 1 saturated heterocycles. The van der Waals surface area contributed by atoms with Crippen LogP contribution in [-0.4, -0.2) is 42.4 Å². The molecule has 2 unspecified atom stereocenters. The average Bonchev–Trinajstić information content (AvgIpc) is 2.36. The number of nitrogens with two attached hydrogens (primary N) is 1. The van der Waals surface area contributed by atoms with Crippen molar-refractivity contribution in [2.75, 3.05) is 13.6 Å². The Bertz CT molecular complexity index is 336. The van der Waals surface area contributed by atoms with Crippen molar-refractivity contribution in [2.45, 2.75) is 58.5 Å². The maximum Gasteiger partial charge on any atom is 0.242 e. The molecule has 0 radical (unpaired) electrons. The monoisotopic (exact) mass is 269 g/mol. The number of hydrogen-bond donors (Lipinski definition) is 2. The molecule has 5 nitrogen and oxygen atoms in total. The van der Waals surface area contributed by atoms with Crippen molar-refractivity contribution in [3.63, 3.8) is 0 Å². The number of likely N-dealkylation sites (tertiary alicyclic amines) is 1. The minimum Gasteiger partial charge on any atom is -0.357 e. The Kier molecular flexibility index (Phi) is 5.35. The van der Waals surface area contributed by atoms with Gasteiger partial charge < -0.3 is 16.0 Å². The highest BCUT2D eigenvalue weighted by molar-refractivity contribution is 5.87. The van der Waals surface area contributed by atoms with Gasteiger partial charge in [-0.25, -0.2) is 0 Å². The Morgan fingerprint density at radius 3 is 2.53 bits per heavy atom. The van der Waals surface area contributed by atoms with Crippen molar-refractivity contribution in [2.24, 2.45) is 11.1 Å². The molecule has 1 rings (SSSR count). The fraction of sp³-hybridized carbons (Fsp3) is 0.857. The molecule has 0 aliphatic carbocycles. The maximum atomic E-state index is 12.4. The van der Waals surface area contributed by atoms with E-state index in [9.17, 15) is 9.59 Å². The first-order valence-corrected chi connectivity index (χ1v) is 7.04. The quantitative estimate of drug-likeness (QED) is 0.798. The van der Waals surface area contributed by atoms with E-state index in [1.807, 2.05) is 20.8 Å². The van der Waals surface area contributed by atoms with E-state index in [1.165, 1.54) is 0 Å². The Labute approximate surface area is 115 Å². The summed E-state index contributed by atoms with van der Waals surface area (Å²) in [6.07, 6.45) is 3.00. The van der Waals surface area contributed by atoms with Crippen LogP contribution in [0.4, 0.5) is 0 Å². The van der Waals surface area contributed by atoms with Crippen LogP contribution < -0.4 is 11.1 Å². The Hall–Kier alpha value is -1.10. The number of likely N-dealkylation sites (N-methyl/N-ethyl adjacent to an activating group) is 1. The van der Waals surface area contributed by atoms with E-state index in [1.54, 1.807) is 11.9 Å². The van der Waals surface area contributed by atoms with Gasteiger partial charge in [0.05, 0.1) is 0 Å². The van der Waals surface area contributed by atoms with Crippen LogP contribution in [0.5, 0.6) is 0 Å². The molecule has 1 aliphatic heterocycles. The summed E-state index contributed by atoms with van der Waals surface area (Å²) in [7, 11) is 1.61. The summed E-state index contributed by atoms with van der Waals surface area (Å²) in [6.45, 7) is 6.74. The highest BCUT2D eigenvalue weighted by Gasteiger charge is 2.33. The van der Waals surface area contributed by atoms with Crippen molar-refractivity contribution in [1.82, 2.24) is 10.2 Å². The average molecular weight is 269 g/mol. The molecule has 2 amide bonds. The fourth-order valence-corrected chi connectivity index (χ4v) is 2.28. The number of nitrogens with zero attached hydrogens (tertiary/aromatic N) is 1. The van der Waals surface area contributed by atoms with E-state index in [4.69, 9.17) is 5.73 Å². The van der Waals surface area contributed by atoms with Crippen LogP contribution in [0.1, 0.15) is 46.5 Å². The second kappa shape index (κ2) is 6.37. The first-order valence-electron chi connectivity index (χ1n) is 7.04. The van der Waals surface area contributed by atoms with E-state index in [-0.39, 0.29) is 29.3 Å². The van der Waals surface area contributed by atoms with Gasteiger partial charge in [-0.05, 0) is 24.7 Å². The van der Waals surface area contributed by atoms with Gasteiger partial charge in [0, 0.05) is 26.1 Å². The van der Waals surface area contributed by atoms with Crippen LogP contribution in [-0.2, 0) is 9.59 Å². The van der Waals surface area contributed by atoms with Crippen molar-refractivity contribution in [3.8, 4) is 0 Å². The summed E-state index contributed by atoms with van der Waals surface area (Å²) >= 11 is 0. The molecule has 0 spiro atoms. The van der Waals surface area contributed by atoms with Gasteiger partial charge in [0.15, 0.2) is 0 Å². The van der Waals surface area contributed by atoms with Gasteiger partial charge in [-0.1, -0.05) is 20.8 Å². The standard InChI is InChI=1S/C14H27N3O2/c1-14(2,3)11(15)9-12(18)17-8-6-5-7-10(17)13(19)16-4/h10-11H,5-9,15H2,1-4H3,(H,16,19). The molecular formula is C14H27N3O2. The minimum atomic E-state index is -0.321. The van der Waals surface area contributed by atoms with Gasteiger partial charge >= 0.3 is 0 Å². The van der Waals surface area contributed by atoms with Crippen LogP contribution in [0, 0.1) is 5.41 Å². The number of rotatable bonds is 3. The van der Waals surface area contributed by atoms with Crippen molar-refractivity contribution in [1.29, 1.82) is 0 Å². The summed E-state index contributed by atoms with van der Waals surface area (Å²) in [5, 5.41) is 2.64. The zero-order valence-corrected chi connectivity index (χ0v) is 12.5. The predicted octanol–water partition coefficient (Wildman–Crippen LogP) is 0.877. The number of carbonyl (C=O) groups excluding carboxylic acids is 2. The smallest absolute Gasteiger partial charge is 0.242 e. The van der Waals surface area contributed by atoms with Gasteiger partial charge in [-0.15, -0.1) is 0 Å². The van der Waals surface area contributed by atoms with Crippen LogP contribution in [0.2, 0.25) is 0 Å². The van der Waals surface area contributed by atoms with E-state index in [0.29, 0.717) is 13.0 Å². The van der Waals surface area contributed by atoms with Gasteiger partial charge in [0.1, 0.15) is 6.04 Å². The molecule has 2 atom stereocenters. The molecule has 0 aromatic rings. The third-order valence-corrected chi connectivity index (χ3v) is 3.88. The lowest BCUT2D eigenvalue weighted by atomic mass is 9.85. The second-order valence-electron chi connectivity index (χ2n) is 6.39. The molecule has 110 valence electrons. The third kappa shape index (κ3) is 4.20. The first-order chi connectivity index (χ1) is 8.77. The fourth-order valence-electron chi connectivity index (χ4n) is 2.28. The highest BCUT2D eigenvalue weighted by Crippen LogP contribution is 2.23. The van der Waals surface area contributed by atoms with Gasteiger partial charge in [-0.3, -0.25) is 9.59 Å². The summed E-state index contributed by atoms with van der Waals surface area (Å²) in [4.78, 5) is 25.9. The molecule has 0 aromatic carbocycles. The van der Waals surface area contributed by atoms with E-state index >= 15 is 0 Å². The maximum absolute atomic E-state index is 12.4. The molecule has 5 heteroatoms. The predicted molar refractivity (Wildman–Crippen MR) is 75.5 cm³/mol. The van der Waals surface area contributed by atoms with E-state index in [2.05, 4.69) is 5.32 Å². The van der Waals surface area contributed by atoms with E-state index in [0.717, 1.165) is 19.3 Å². The first kappa shape index (κ1) is 16.0. The number of amides is 2. The van der Waals surface area contributed by atoms with Crippen LogP contribution >= 0.6 is 0 Å². The molecule has 19 heavy (non-hydrogen) atoms. The normalized spacial score (nSPS) is 21.9. The summed E-state index contributed by atoms with van der Waals surface area (Å²) in [5.41, 5.74) is 5.96. The van der Waals surface area contributed by atoms with Crippen LogP contribution in [0.3, 0.4) is 0 Å². The van der Waals surface area contributed by atoms with Crippen LogP contribution in [0.15, 0.2) is 0 Å². The molecule has 1 heterocycles. The lowest BCUT2D eigenvalue weighted by molar-refractivity contribution is -0.142. The molecule has 0 aromatic heterocycles. The number of piperidine rings is 1. The molecule has 3 N–H and O–H groups in total. The molecule has 1 aliphatic rings. The van der Waals surface area contributed by atoms with Gasteiger partial charge in [-0.2, -0.15) is 0 Å². The Morgan fingerprint density at radius 2 is 2.00 bits per heavy atom. The van der Waals surface area contributed by atoms with E-state index < -0.39 is 0 Å². The Balaban J connectivity index is 2.70. The number of hydrogen-bond acceptors (Lipinski definition) is 3. The SMILES string of the molecule is CNC(=O)C1CCCCN1C(=O)CC(N)C(C)(C)C. The number of nitrogens with one attached hydrogen (secondary N) is 1. The minimum absolute atomic E-state index is 0.00396. The Morgan fingerprint density at radius 1 is 1.37 bits per heavy atom. The second-order valence-corrected chi connectivity index (χ2v) is 6.39. The lowest BCUT2D eigenvalue weighted by Crippen LogP contribution is -2.53. The third-order valence-electron chi connectivity index (χ3n) is 3.88. The molecule has 0 saturated carbocycles. The molecular weight excluding hydrogens is 242 g/mol. The van der Waals surface area contributed by atoms with Crippen molar-refractivity contribution < 1.29 is 9.59 Å². The van der Waals surface area contributed by atoms with Crippen LogP contribution in [0.25, 0.3) is 0 Å².